The van der Waals surface area contributed by atoms with Gasteiger partial charge in [0.15, 0.2) is 0 Å². The van der Waals surface area contributed by atoms with E-state index in [1.165, 1.54) is 7.05 Å². The Balaban J connectivity index is 1.39. The molecule has 1 saturated heterocycles. The van der Waals surface area contributed by atoms with Crippen molar-refractivity contribution in [2.24, 2.45) is 5.92 Å². The van der Waals surface area contributed by atoms with E-state index in [4.69, 9.17) is 0 Å². The van der Waals surface area contributed by atoms with E-state index in [1.807, 2.05) is 29.2 Å². The van der Waals surface area contributed by atoms with E-state index in [9.17, 15) is 18.0 Å². The van der Waals surface area contributed by atoms with Crippen molar-refractivity contribution in [2.75, 3.05) is 39.8 Å². The highest BCUT2D eigenvalue weighted by Crippen LogP contribution is 2.31. The summed E-state index contributed by atoms with van der Waals surface area (Å²) >= 11 is 0. The van der Waals surface area contributed by atoms with Crippen LogP contribution in [-0.4, -0.2) is 74.1 Å². The van der Waals surface area contributed by atoms with Crippen molar-refractivity contribution >= 4 is 32.6 Å². The van der Waals surface area contributed by atoms with Crippen molar-refractivity contribution in [1.82, 2.24) is 14.1 Å². The van der Waals surface area contributed by atoms with Gasteiger partial charge in [-0.15, -0.1) is 0 Å². The van der Waals surface area contributed by atoms with E-state index in [0.29, 0.717) is 26.2 Å². The lowest BCUT2D eigenvalue weighted by Gasteiger charge is -2.35. The maximum atomic E-state index is 12.9. The minimum absolute atomic E-state index is 0.173. The van der Waals surface area contributed by atoms with Gasteiger partial charge in [0.25, 0.3) is 0 Å². The lowest BCUT2D eigenvalue weighted by atomic mass is 10.1. The molecule has 2 fully saturated rings. The molecule has 0 bridgehead atoms. The van der Waals surface area contributed by atoms with E-state index in [-0.39, 0.29) is 29.2 Å². The summed E-state index contributed by atoms with van der Waals surface area (Å²) in [4.78, 5) is 28.4. The van der Waals surface area contributed by atoms with Crippen molar-refractivity contribution in [3.05, 3.63) is 42.5 Å². The molecule has 0 N–H and O–H groups in total. The zero-order chi connectivity index (χ0) is 20.6. The molecular formula is C21H25N3O4S. The standard InChI is InChI=1S/C21H25N3O4S/c1-22(29(27,28)19-9-8-16-4-2-3-5-18(16)14-19)15-20(25)23-10-12-24(13-11-23)21(26)17-6-7-17/h2-5,8-9,14,17H,6-7,10-13,15H2,1H3. The molecule has 1 heterocycles. The average Bonchev–Trinajstić information content (AvgIpc) is 3.58. The summed E-state index contributed by atoms with van der Waals surface area (Å²) in [6.45, 7) is 1.71. The Hall–Kier alpha value is -2.45. The Labute approximate surface area is 170 Å². The van der Waals surface area contributed by atoms with Crippen LogP contribution in [0.4, 0.5) is 0 Å². The van der Waals surface area contributed by atoms with Crippen LogP contribution in [0.15, 0.2) is 47.4 Å². The quantitative estimate of drug-likeness (QED) is 0.742. The van der Waals surface area contributed by atoms with Crippen LogP contribution in [0.3, 0.4) is 0 Å². The Morgan fingerprint density at radius 1 is 0.966 bits per heavy atom. The second-order valence-electron chi connectivity index (χ2n) is 7.75. The number of likely N-dealkylation sites (N-methyl/N-ethyl adjacent to an activating group) is 1. The van der Waals surface area contributed by atoms with Crippen LogP contribution < -0.4 is 0 Å². The van der Waals surface area contributed by atoms with E-state index < -0.39 is 10.0 Å². The summed E-state index contributed by atoms with van der Waals surface area (Å²) in [5.41, 5.74) is 0. The number of hydrogen-bond acceptors (Lipinski definition) is 4. The van der Waals surface area contributed by atoms with Gasteiger partial charge in [0.1, 0.15) is 0 Å². The van der Waals surface area contributed by atoms with Crippen LogP contribution in [-0.2, 0) is 19.6 Å². The molecule has 2 aromatic carbocycles. The minimum atomic E-state index is -3.77. The van der Waals surface area contributed by atoms with Crippen LogP contribution in [0, 0.1) is 5.92 Å². The largest absolute Gasteiger partial charge is 0.339 e. The van der Waals surface area contributed by atoms with Crippen molar-refractivity contribution in [2.45, 2.75) is 17.7 Å². The predicted molar refractivity (Wildman–Crippen MR) is 110 cm³/mol. The Bertz CT molecular complexity index is 1040. The number of carbonyl (C=O) groups excluding carboxylic acids is 2. The van der Waals surface area contributed by atoms with E-state index in [0.717, 1.165) is 27.9 Å². The molecule has 0 unspecified atom stereocenters. The van der Waals surface area contributed by atoms with Crippen molar-refractivity contribution in [1.29, 1.82) is 0 Å². The molecule has 2 aliphatic rings. The maximum absolute atomic E-state index is 12.9. The first-order chi connectivity index (χ1) is 13.9. The number of carbonyl (C=O) groups is 2. The normalized spacial score (nSPS) is 17.7. The van der Waals surface area contributed by atoms with E-state index in [1.54, 1.807) is 23.1 Å². The van der Waals surface area contributed by atoms with Gasteiger partial charge in [-0.2, -0.15) is 4.31 Å². The van der Waals surface area contributed by atoms with Gasteiger partial charge in [0.2, 0.25) is 21.8 Å². The maximum Gasteiger partial charge on any atom is 0.243 e. The van der Waals surface area contributed by atoms with Crippen LogP contribution in [0.25, 0.3) is 10.8 Å². The first-order valence-corrected chi connectivity index (χ1v) is 11.3. The monoisotopic (exact) mass is 415 g/mol. The third-order valence-corrected chi connectivity index (χ3v) is 7.46. The lowest BCUT2D eigenvalue weighted by molar-refractivity contribution is -0.140. The molecule has 4 rings (SSSR count). The number of sulfonamides is 1. The number of hydrogen-bond donors (Lipinski definition) is 0. The Kier molecular flexibility index (Phi) is 5.31. The molecule has 1 aliphatic heterocycles. The number of amides is 2. The highest BCUT2D eigenvalue weighted by atomic mass is 32.2. The van der Waals surface area contributed by atoms with Gasteiger partial charge in [-0.05, 0) is 35.7 Å². The molecule has 0 spiro atoms. The molecule has 0 atom stereocenters. The van der Waals surface area contributed by atoms with Gasteiger partial charge in [-0.1, -0.05) is 30.3 Å². The summed E-state index contributed by atoms with van der Waals surface area (Å²) in [5.74, 6) is 0.124. The van der Waals surface area contributed by atoms with Crippen molar-refractivity contribution in [3.8, 4) is 0 Å². The van der Waals surface area contributed by atoms with Gasteiger partial charge in [-0.25, -0.2) is 8.42 Å². The topological polar surface area (TPSA) is 78.0 Å². The minimum Gasteiger partial charge on any atom is -0.339 e. The number of piperazine rings is 1. The highest BCUT2D eigenvalue weighted by molar-refractivity contribution is 7.89. The van der Waals surface area contributed by atoms with Crippen LogP contribution in [0.2, 0.25) is 0 Å². The van der Waals surface area contributed by atoms with Crippen LogP contribution in [0.1, 0.15) is 12.8 Å². The van der Waals surface area contributed by atoms with Crippen LogP contribution in [0.5, 0.6) is 0 Å². The highest BCUT2D eigenvalue weighted by Gasteiger charge is 2.35. The first-order valence-electron chi connectivity index (χ1n) is 9.88. The van der Waals surface area contributed by atoms with Gasteiger partial charge in [0.05, 0.1) is 11.4 Å². The summed E-state index contributed by atoms with van der Waals surface area (Å²) in [7, 11) is -2.34. The summed E-state index contributed by atoms with van der Waals surface area (Å²) < 4.78 is 26.9. The van der Waals surface area contributed by atoms with Crippen molar-refractivity contribution < 1.29 is 18.0 Å². The predicted octanol–water partition coefficient (Wildman–Crippen LogP) is 1.54. The smallest absolute Gasteiger partial charge is 0.243 e. The molecule has 0 aromatic heterocycles. The fraction of sp³-hybridized carbons (Fsp3) is 0.429. The molecule has 1 saturated carbocycles. The van der Waals surface area contributed by atoms with Gasteiger partial charge >= 0.3 is 0 Å². The van der Waals surface area contributed by atoms with Crippen molar-refractivity contribution in [3.63, 3.8) is 0 Å². The molecule has 154 valence electrons. The number of benzene rings is 2. The Morgan fingerprint density at radius 3 is 2.24 bits per heavy atom. The molecular weight excluding hydrogens is 390 g/mol. The van der Waals surface area contributed by atoms with E-state index >= 15 is 0 Å². The van der Waals surface area contributed by atoms with Gasteiger partial charge in [-0.3, -0.25) is 9.59 Å². The zero-order valence-corrected chi connectivity index (χ0v) is 17.3. The molecule has 0 radical (unpaired) electrons. The number of fused-ring (bicyclic) bond motifs is 1. The van der Waals surface area contributed by atoms with Crippen LogP contribution >= 0.6 is 0 Å². The third-order valence-electron chi connectivity index (χ3n) is 5.66. The van der Waals surface area contributed by atoms with Gasteiger partial charge in [0, 0.05) is 39.1 Å². The fourth-order valence-electron chi connectivity index (χ4n) is 3.65. The third kappa shape index (κ3) is 4.13. The average molecular weight is 416 g/mol. The summed E-state index contributed by atoms with van der Waals surface area (Å²) in [6.07, 6.45) is 1.94. The second-order valence-corrected chi connectivity index (χ2v) is 9.80. The molecule has 8 heteroatoms. The lowest BCUT2D eigenvalue weighted by Crippen LogP contribution is -2.53. The fourth-order valence-corrected chi connectivity index (χ4v) is 4.80. The molecule has 29 heavy (non-hydrogen) atoms. The number of nitrogens with zero attached hydrogens (tertiary/aromatic N) is 3. The second kappa shape index (κ2) is 7.76. The Morgan fingerprint density at radius 2 is 1.59 bits per heavy atom. The molecule has 7 nitrogen and oxygen atoms in total. The molecule has 1 aliphatic carbocycles. The molecule has 2 amide bonds. The SMILES string of the molecule is CN(CC(=O)N1CCN(C(=O)C2CC2)CC1)S(=O)(=O)c1ccc2ccccc2c1. The zero-order valence-electron chi connectivity index (χ0n) is 16.5. The first kappa shape index (κ1) is 19.8. The summed E-state index contributed by atoms with van der Waals surface area (Å²) in [6, 6.07) is 12.5. The summed E-state index contributed by atoms with van der Waals surface area (Å²) in [5, 5.41) is 1.80. The van der Waals surface area contributed by atoms with Gasteiger partial charge < -0.3 is 9.80 Å². The number of rotatable bonds is 5. The molecule has 2 aromatic rings. The van der Waals surface area contributed by atoms with E-state index in [2.05, 4.69) is 0 Å².